The van der Waals surface area contributed by atoms with E-state index in [1.165, 1.54) is 12.1 Å². The van der Waals surface area contributed by atoms with Crippen molar-refractivity contribution in [2.45, 2.75) is 30.0 Å². The van der Waals surface area contributed by atoms with Crippen LogP contribution in [-0.2, 0) is 19.6 Å². The van der Waals surface area contributed by atoms with Gasteiger partial charge in [-0.1, -0.05) is 40.9 Å². The van der Waals surface area contributed by atoms with Crippen LogP contribution in [0.3, 0.4) is 0 Å². The van der Waals surface area contributed by atoms with Crippen LogP contribution in [0.1, 0.15) is 18.9 Å². The summed E-state index contributed by atoms with van der Waals surface area (Å²) in [4.78, 5) is 12.3. The molecule has 0 aliphatic rings. The number of sulfonamides is 1. The SMILES string of the molecule is CCOC(=O)C/C(=N/NS(=O)(=O)c1ccc(C)cc1)C(Cl)Cl. The van der Waals surface area contributed by atoms with Crippen LogP contribution >= 0.6 is 23.2 Å². The highest BCUT2D eigenvalue weighted by molar-refractivity contribution is 7.89. The number of halogens is 2. The molecular formula is C13H16Cl2N2O4S. The minimum absolute atomic E-state index is 0.0398. The molecule has 1 rings (SSSR count). The monoisotopic (exact) mass is 366 g/mol. The van der Waals surface area contributed by atoms with Crippen LogP contribution < -0.4 is 4.83 Å². The van der Waals surface area contributed by atoms with E-state index in [1.54, 1.807) is 19.1 Å². The fourth-order valence-corrected chi connectivity index (χ4v) is 2.50. The fraction of sp³-hybridized carbons (Fsp3) is 0.385. The molecule has 0 saturated heterocycles. The predicted octanol–water partition coefficient (Wildman–Crippen LogP) is 2.39. The smallest absolute Gasteiger partial charge is 0.311 e. The highest BCUT2D eigenvalue weighted by Gasteiger charge is 2.18. The zero-order valence-electron chi connectivity index (χ0n) is 12.0. The number of nitrogens with one attached hydrogen (secondary N) is 1. The van der Waals surface area contributed by atoms with Crippen LogP contribution in [0.25, 0.3) is 0 Å². The van der Waals surface area contributed by atoms with Gasteiger partial charge in [0.2, 0.25) is 0 Å². The summed E-state index contributed by atoms with van der Waals surface area (Å²) in [7, 11) is -3.86. The zero-order valence-corrected chi connectivity index (χ0v) is 14.4. The van der Waals surface area contributed by atoms with E-state index in [4.69, 9.17) is 27.9 Å². The molecule has 0 radical (unpaired) electrons. The molecule has 0 saturated carbocycles. The first kappa shape index (κ1) is 18.7. The molecular weight excluding hydrogens is 351 g/mol. The van der Waals surface area contributed by atoms with E-state index in [0.29, 0.717) is 0 Å². The maximum absolute atomic E-state index is 12.1. The molecule has 0 aromatic heterocycles. The maximum atomic E-state index is 12.1. The Morgan fingerprint density at radius 2 is 1.91 bits per heavy atom. The van der Waals surface area contributed by atoms with Crippen molar-refractivity contribution in [1.29, 1.82) is 0 Å². The fourth-order valence-electron chi connectivity index (χ4n) is 1.41. The topological polar surface area (TPSA) is 84.8 Å². The Labute approximate surface area is 139 Å². The summed E-state index contributed by atoms with van der Waals surface area (Å²) in [5.74, 6) is -0.595. The lowest BCUT2D eigenvalue weighted by Gasteiger charge is -2.09. The number of carbonyl (C=O) groups is 1. The summed E-state index contributed by atoms with van der Waals surface area (Å²) in [5.41, 5.74) is 0.879. The largest absolute Gasteiger partial charge is 0.466 e. The van der Waals surface area contributed by atoms with Gasteiger partial charge in [-0.2, -0.15) is 13.5 Å². The van der Waals surface area contributed by atoms with Crippen molar-refractivity contribution < 1.29 is 17.9 Å². The number of hydrogen-bond donors (Lipinski definition) is 1. The van der Waals surface area contributed by atoms with Gasteiger partial charge >= 0.3 is 5.97 Å². The van der Waals surface area contributed by atoms with E-state index in [0.717, 1.165) is 5.56 Å². The zero-order chi connectivity index (χ0) is 16.8. The third kappa shape index (κ3) is 5.82. The standard InChI is InChI=1S/C13H16Cl2N2O4S/c1-3-21-12(18)8-11(13(14)15)16-17-22(19,20)10-6-4-9(2)5-7-10/h4-7,13,17H,3,8H2,1-2H3/b16-11-. The number of aryl methyl sites for hydroxylation is 1. The highest BCUT2D eigenvalue weighted by atomic mass is 35.5. The molecule has 9 heteroatoms. The first-order valence-electron chi connectivity index (χ1n) is 6.35. The Kier molecular flexibility index (Phi) is 7.12. The predicted molar refractivity (Wildman–Crippen MR) is 85.7 cm³/mol. The van der Waals surface area contributed by atoms with E-state index in [1.807, 2.05) is 11.8 Å². The number of benzene rings is 1. The number of alkyl halides is 2. The Morgan fingerprint density at radius 3 is 2.41 bits per heavy atom. The van der Waals surface area contributed by atoms with Gasteiger partial charge in [0.15, 0.2) is 0 Å². The molecule has 0 unspecified atom stereocenters. The van der Waals surface area contributed by atoms with Crippen LogP contribution in [0.5, 0.6) is 0 Å². The highest BCUT2D eigenvalue weighted by Crippen LogP contribution is 2.12. The van der Waals surface area contributed by atoms with Gasteiger partial charge in [-0.15, -0.1) is 0 Å². The summed E-state index contributed by atoms with van der Waals surface area (Å²) in [5, 5.41) is 3.63. The molecule has 0 fully saturated rings. The van der Waals surface area contributed by atoms with Crippen molar-refractivity contribution in [1.82, 2.24) is 4.83 Å². The van der Waals surface area contributed by atoms with E-state index >= 15 is 0 Å². The van der Waals surface area contributed by atoms with Crippen LogP contribution in [-0.4, -0.2) is 31.5 Å². The minimum atomic E-state index is -3.86. The molecule has 1 N–H and O–H groups in total. The first-order chi connectivity index (χ1) is 10.3. The molecule has 1 aromatic carbocycles. The summed E-state index contributed by atoms with van der Waals surface area (Å²) >= 11 is 11.4. The minimum Gasteiger partial charge on any atom is -0.466 e. The van der Waals surface area contributed by atoms with Crippen molar-refractivity contribution in [3.63, 3.8) is 0 Å². The number of hydrogen-bond acceptors (Lipinski definition) is 5. The van der Waals surface area contributed by atoms with Crippen LogP contribution in [0, 0.1) is 6.92 Å². The molecule has 0 heterocycles. The number of hydrazone groups is 1. The van der Waals surface area contributed by atoms with Gasteiger partial charge in [0.1, 0.15) is 4.84 Å². The van der Waals surface area contributed by atoms with Crippen LogP contribution in [0.2, 0.25) is 0 Å². The Morgan fingerprint density at radius 1 is 1.32 bits per heavy atom. The molecule has 0 aliphatic heterocycles. The van der Waals surface area contributed by atoms with Gasteiger partial charge in [0, 0.05) is 0 Å². The van der Waals surface area contributed by atoms with Crippen molar-refractivity contribution in [2.24, 2.45) is 5.10 Å². The number of esters is 1. The lowest BCUT2D eigenvalue weighted by Crippen LogP contribution is -2.24. The Balaban J connectivity index is 2.89. The lowest BCUT2D eigenvalue weighted by atomic mass is 10.2. The van der Waals surface area contributed by atoms with Gasteiger partial charge < -0.3 is 4.74 Å². The van der Waals surface area contributed by atoms with Gasteiger partial charge in [0.25, 0.3) is 10.0 Å². The van der Waals surface area contributed by atoms with E-state index < -0.39 is 20.8 Å². The quantitative estimate of drug-likeness (QED) is 0.347. The molecule has 6 nitrogen and oxygen atoms in total. The molecule has 0 aliphatic carbocycles. The van der Waals surface area contributed by atoms with Crippen LogP contribution in [0.15, 0.2) is 34.3 Å². The maximum Gasteiger partial charge on any atom is 0.311 e. The summed E-state index contributed by atoms with van der Waals surface area (Å²) in [6, 6.07) is 6.20. The average Bonchev–Trinajstić information content (AvgIpc) is 2.44. The third-order valence-electron chi connectivity index (χ3n) is 2.52. The second kappa shape index (κ2) is 8.36. The normalized spacial score (nSPS) is 12.3. The molecule has 0 amide bonds. The summed E-state index contributed by atoms with van der Waals surface area (Å²) < 4.78 is 28.9. The van der Waals surface area contributed by atoms with E-state index in [9.17, 15) is 13.2 Å². The van der Waals surface area contributed by atoms with Crippen molar-refractivity contribution >= 4 is 44.9 Å². The third-order valence-corrected chi connectivity index (χ3v) is 4.25. The number of rotatable bonds is 7. The molecule has 1 aromatic rings. The molecule has 0 bridgehead atoms. The molecule has 0 spiro atoms. The van der Waals surface area contributed by atoms with Gasteiger partial charge in [-0.3, -0.25) is 4.79 Å². The van der Waals surface area contributed by atoms with Crippen molar-refractivity contribution in [3.05, 3.63) is 29.8 Å². The Hall–Kier alpha value is -1.31. The second-order valence-corrected chi connectivity index (χ2v) is 7.05. The summed E-state index contributed by atoms with van der Waals surface area (Å²) in [6.45, 7) is 3.68. The van der Waals surface area contributed by atoms with Crippen LogP contribution in [0.4, 0.5) is 0 Å². The number of ether oxygens (including phenoxy) is 1. The summed E-state index contributed by atoms with van der Waals surface area (Å²) in [6.07, 6.45) is -0.304. The van der Waals surface area contributed by atoms with Crippen molar-refractivity contribution in [2.75, 3.05) is 6.61 Å². The number of carbonyl (C=O) groups excluding carboxylic acids is 1. The van der Waals surface area contributed by atoms with Crippen molar-refractivity contribution in [3.8, 4) is 0 Å². The molecule has 0 atom stereocenters. The van der Waals surface area contributed by atoms with Gasteiger partial charge in [-0.05, 0) is 26.0 Å². The Bertz CT molecular complexity index is 643. The molecule has 122 valence electrons. The second-order valence-electron chi connectivity index (χ2n) is 4.29. The first-order valence-corrected chi connectivity index (χ1v) is 8.70. The van der Waals surface area contributed by atoms with Gasteiger partial charge in [-0.25, -0.2) is 4.83 Å². The number of nitrogens with zero attached hydrogens (tertiary/aromatic N) is 1. The van der Waals surface area contributed by atoms with Gasteiger partial charge in [0.05, 0.1) is 23.6 Å². The molecule has 22 heavy (non-hydrogen) atoms. The van der Waals surface area contributed by atoms with E-state index in [-0.39, 0.29) is 23.6 Å². The van der Waals surface area contributed by atoms with E-state index in [2.05, 4.69) is 5.10 Å². The lowest BCUT2D eigenvalue weighted by molar-refractivity contribution is -0.141. The average molecular weight is 367 g/mol.